The van der Waals surface area contributed by atoms with Gasteiger partial charge in [0.1, 0.15) is 11.2 Å². The fourth-order valence-corrected chi connectivity index (χ4v) is 2.69. The Labute approximate surface area is 148 Å². The number of aliphatic imine (C=N–C) groups is 1. The topological polar surface area (TPSA) is 85.0 Å². The molecule has 3 rings (SSSR count). The van der Waals surface area contributed by atoms with Gasteiger partial charge in [0.05, 0.1) is 6.54 Å². The highest BCUT2D eigenvalue weighted by Crippen LogP contribution is 2.13. The number of aromatic amines is 1. The van der Waals surface area contributed by atoms with Gasteiger partial charge in [0.2, 0.25) is 0 Å². The number of nitrogens with one attached hydrogen (secondary N) is 1. The number of alkyl halides is 1. The Morgan fingerprint density at radius 1 is 1.20 bits per heavy atom. The van der Waals surface area contributed by atoms with E-state index in [9.17, 15) is 9.59 Å². The zero-order valence-corrected chi connectivity index (χ0v) is 15.0. The minimum absolute atomic E-state index is 0.269. The van der Waals surface area contributed by atoms with Gasteiger partial charge in [-0.15, -0.1) is 11.6 Å². The van der Waals surface area contributed by atoms with Crippen molar-refractivity contribution in [3.8, 4) is 0 Å². The Bertz CT molecular complexity index is 1070. The van der Waals surface area contributed by atoms with Crippen LogP contribution in [0.4, 0.5) is 0 Å². The first-order valence-electron chi connectivity index (χ1n) is 7.77. The molecule has 2 heterocycles. The van der Waals surface area contributed by atoms with Gasteiger partial charge < -0.3 is 4.98 Å². The molecule has 0 atom stereocenters. The number of rotatable bonds is 4. The van der Waals surface area contributed by atoms with Gasteiger partial charge in [0.15, 0.2) is 11.5 Å². The summed E-state index contributed by atoms with van der Waals surface area (Å²) in [6.07, 6.45) is 0. The standard InChI is InChI=1S/C17H18ClN5O2/c1-10-4-6-11(7-5-10)12(19-9-8-18)14-20-13-15(21-14)22(2)17(25)23(3)16(13)24/h4-7H,8-9H2,1-3H3,(H,20,21). The van der Waals surface area contributed by atoms with Crippen molar-refractivity contribution in [1.82, 2.24) is 19.1 Å². The highest BCUT2D eigenvalue weighted by atomic mass is 35.5. The molecule has 25 heavy (non-hydrogen) atoms. The molecular weight excluding hydrogens is 342 g/mol. The molecule has 0 aliphatic heterocycles. The van der Waals surface area contributed by atoms with Crippen LogP contribution in [0.5, 0.6) is 0 Å². The van der Waals surface area contributed by atoms with Crippen LogP contribution in [0.2, 0.25) is 0 Å². The molecule has 130 valence electrons. The van der Waals surface area contributed by atoms with Gasteiger partial charge in [0, 0.05) is 25.5 Å². The van der Waals surface area contributed by atoms with E-state index in [0.717, 1.165) is 15.7 Å². The maximum Gasteiger partial charge on any atom is 0.332 e. The number of hydrogen-bond acceptors (Lipinski definition) is 4. The van der Waals surface area contributed by atoms with Crippen molar-refractivity contribution >= 4 is 28.5 Å². The summed E-state index contributed by atoms with van der Waals surface area (Å²) in [7, 11) is 3.02. The molecule has 0 unspecified atom stereocenters. The number of imidazole rings is 1. The second-order valence-electron chi connectivity index (χ2n) is 5.78. The summed E-state index contributed by atoms with van der Waals surface area (Å²) < 4.78 is 2.39. The predicted molar refractivity (Wildman–Crippen MR) is 99.0 cm³/mol. The number of aromatic nitrogens is 4. The smallest absolute Gasteiger partial charge is 0.331 e. The second kappa shape index (κ2) is 6.68. The Kier molecular flexibility index (Phi) is 4.59. The first-order chi connectivity index (χ1) is 11.9. The van der Waals surface area contributed by atoms with Gasteiger partial charge in [-0.3, -0.25) is 18.9 Å². The van der Waals surface area contributed by atoms with Crippen LogP contribution >= 0.6 is 11.6 Å². The fourth-order valence-electron chi connectivity index (χ4n) is 2.61. The van der Waals surface area contributed by atoms with E-state index in [1.807, 2.05) is 31.2 Å². The summed E-state index contributed by atoms with van der Waals surface area (Å²) in [5, 5.41) is 0. The summed E-state index contributed by atoms with van der Waals surface area (Å²) in [6, 6.07) is 7.82. The molecule has 2 aromatic heterocycles. The lowest BCUT2D eigenvalue weighted by Crippen LogP contribution is -2.36. The average Bonchev–Trinajstić information content (AvgIpc) is 3.05. The van der Waals surface area contributed by atoms with Crippen LogP contribution in [-0.4, -0.2) is 37.2 Å². The molecular formula is C17H18ClN5O2. The third-order valence-electron chi connectivity index (χ3n) is 4.00. The van der Waals surface area contributed by atoms with Crippen molar-refractivity contribution in [3.05, 3.63) is 62.1 Å². The van der Waals surface area contributed by atoms with Gasteiger partial charge in [-0.05, 0) is 6.92 Å². The number of nitrogens with zero attached hydrogens (tertiary/aromatic N) is 4. The first-order valence-corrected chi connectivity index (χ1v) is 8.31. The Morgan fingerprint density at radius 2 is 1.88 bits per heavy atom. The minimum Gasteiger partial charge on any atom is -0.331 e. The molecule has 0 saturated carbocycles. The summed E-state index contributed by atoms with van der Waals surface area (Å²) in [4.78, 5) is 36.4. The number of H-pyrrole nitrogens is 1. The van der Waals surface area contributed by atoms with Crippen molar-refractivity contribution < 1.29 is 0 Å². The van der Waals surface area contributed by atoms with Crippen LogP contribution in [0, 0.1) is 6.92 Å². The third kappa shape index (κ3) is 3.02. The molecule has 0 aliphatic rings. The van der Waals surface area contributed by atoms with Gasteiger partial charge in [-0.2, -0.15) is 0 Å². The van der Waals surface area contributed by atoms with Gasteiger partial charge in [0.25, 0.3) is 5.56 Å². The number of aryl methyl sites for hydroxylation is 2. The second-order valence-corrected chi connectivity index (χ2v) is 6.15. The summed E-state index contributed by atoms with van der Waals surface area (Å²) in [5.41, 5.74) is 2.31. The zero-order chi connectivity index (χ0) is 18.1. The van der Waals surface area contributed by atoms with E-state index in [1.165, 1.54) is 11.6 Å². The van der Waals surface area contributed by atoms with E-state index < -0.39 is 11.2 Å². The lowest BCUT2D eigenvalue weighted by atomic mass is 10.1. The number of halogens is 1. The minimum atomic E-state index is -0.426. The van der Waals surface area contributed by atoms with Crippen molar-refractivity contribution in [2.24, 2.45) is 19.1 Å². The largest absolute Gasteiger partial charge is 0.332 e. The average molecular weight is 360 g/mol. The predicted octanol–water partition coefficient (Wildman–Crippen LogP) is 1.34. The third-order valence-corrected chi connectivity index (χ3v) is 4.17. The maximum atomic E-state index is 12.3. The van der Waals surface area contributed by atoms with Crippen molar-refractivity contribution in [1.29, 1.82) is 0 Å². The monoisotopic (exact) mass is 359 g/mol. The van der Waals surface area contributed by atoms with Crippen LogP contribution in [0.3, 0.4) is 0 Å². The molecule has 1 N–H and O–H groups in total. The highest BCUT2D eigenvalue weighted by molar-refractivity contribution is 6.18. The van der Waals surface area contributed by atoms with E-state index in [4.69, 9.17) is 11.6 Å². The molecule has 8 heteroatoms. The Balaban J connectivity index is 2.25. The van der Waals surface area contributed by atoms with E-state index in [1.54, 1.807) is 7.05 Å². The van der Waals surface area contributed by atoms with Crippen LogP contribution < -0.4 is 11.2 Å². The molecule has 7 nitrogen and oxygen atoms in total. The molecule has 3 aromatic rings. The molecule has 0 bridgehead atoms. The van der Waals surface area contributed by atoms with E-state index in [-0.39, 0.29) is 5.52 Å². The van der Waals surface area contributed by atoms with Gasteiger partial charge in [-0.25, -0.2) is 9.78 Å². The summed E-state index contributed by atoms with van der Waals surface area (Å²) in [6.45, 7) is 2.42. The van der Waals surface area contributed by atoms with E-state index >= 15 is 0 Å². The molecule has 0 fully saturated rings. The Morgan fingerprint density at radius 3 is 2.52 bits per heavy atom. The summed E-state index contributed by atoms with van der Waals surface area (Å²) >= 11 is 5.78. The summed E-state index contributed by atoms with van der Waals surface area (Å²) in [5.74, 6) is 0.804. The fraction of sp³-hybridized carbons (Fsp3) is 0.294. The van der Waals surface area contributed by atoms with Crippen molar-refractivity contribution in [2.45, 2.75) is 6.92 Å². The molecule has 0 amide bonds. The lowest BCUT2D eigenvalue weighted by Gasteiger charge is -2.04. The molecule has 1 aromatic carbocycles. The zero-order valence-electron chi connectivity index (χ0n) is 14.2. The van der Waals surface area contributed by atoms with Crippen LogP contribution in [-0.2, 0) is 14.1 Å². The van der Waals surface area contributed by atoms with Crippen molar-refractivity contribution in [2.75, 3.05) is 12.4 Å². The molecule has 0 saturated heterocycles. The maximum absolute atomic E-state index is 12.3. The van der Waals surface area contributed by atoms with Gasteiger partial charge >= 0.3 is 5.69 Å². The van der Waals surface area contributed by atoms with Gasteiger partial charge in [-0.1, -0.05) is 29.8 Å². The van der Waals surface area contributed by atoms with Crippen LogP contribution in [0.1, 0.15) is 17.0 Å². The lowest BCUT2D eigenvalue weighted by molar-refractivity contribution is 0.709. The quantitative estimate of drug-likeness (QED) is 0.563. The first kappa shape index (κ1) is 17.2. The molecule has 0 aliphatic carbocycles. The molecule has 0 spiro atoms. The van der Waals surface area contributed by atoms with E-state index in [0.29, 0.717) is 29.6 Å². The highest BCUT2D eigenvalue weighted by Gasteiger charge is 2.17. The number of fused-ring (bicyclic) bond motifs is 1. The van der Waals surface area contributed by atoms with Crippen LogP contribution in [0.15, 0.2) is 38.8 Å². The van der Waals surface area contributed by atoms with E-state index in [2.05, 4.69) is 15.0 Å². The number of benzene rings is 1. The van der Waals surface area contributed by atoms with Crippen LogP contribution in [0.25, 0.3) is 11.2 Å². The number of hydrogen-bond donors (Lipinski definition) is 1. The molecule has 0 radical (unpaired) electrons. The normalized spacial score (nSPS) is 12.1. The van der Waals surface area contributed by atoms with Crippen molar-refractivity contribution in [3.63, 3.8) is 0 Å². The Hall–Kier alpha value is -2.67. The SMILES string of the molecule is Cc1ccc(C(=NCCCl)c2nc3c([nH]2)c(=O)n(C)c(=O)n3C)cc1.